The van der Waals surface area contributed by atoms with Crippen LogP contribution < -0.4 is 5.73 Å². The molecular formula is C11H17N3. The van der Waals surface area contributed by atoms with Gasteiger partial charge in [-0.05, 0) is 45.4 Å². The van der Waals surface area contributed by atoms with E-state index in [4.69, 9.17) is 5.73 Å². The largest absolute Gasteiger partial charge is 0.397 e. The van der Waals surface area contributed by atoms with Crippen molar-refractivity contribution in [1.82, 2.24) is 0 Å². The summed E-state index contributed by atoms with van der Waals surface area (Å²) in [5, 5.41) is 8.28. The Balaban J connectivity index is 2.93. The highest BCUT2D eigenvalue weighted by atomic mass is 15.1. The lowest BCUT2D eigenvalue weighted by molar-refractivity contribution is 0.552. The van der Waals surface area contributed by atoms with Crippen molar-refractivity contribution in [2.45, 2.75) is 33.2 Å². The zero-order valence-corrected chi connectivity index (χ0v) is 9.20. The van der Waals surface area contributed by atoms with E-state index in [0.29, 0.717) is 5.69 Å². The van der Waals surface area contributed by atoms with Gasteiger partial charge in [0.1, 0.15) is 5.69 Å². The van der Waals surface area contributed by atoms with Crippen LogP contribution in [0, 0.1) is 6.92 Å². The summed E-state index contributed by atoms with van der Waals surface area (Å²) in [6.45, 7) is 8.00. The second kappa shape index (κ2) is 3.78. The molecule has 0 bridgehead atoms. The quantitative estimate of drug-likeness (QED) is 0.536. The van der Waals surface area contributed by atoms with Crippen molar-refractivity contribution >= 4 is 11.4 Å². The molecule has 0 saturated carbocycles. The molecule has 0 radical (unpaired) electrons. The highest BCUT2D eigenvalue weighted by molar-refractivity contribution is 5.62. The van der Waals surface area contributed by atoms with Crippen LogP contribution in [0.25, 0.3) is 0 Å². The van der Waals surface area contributed by atoms with Gasteiger partial charge in [-0.25, -0.2) is 0 Å². The highest BCUT2D eigenvalue weighted by Gasteiger charge is 2.07. The first-order valence-electron chi connectivity index (χ1n) is 4.67. The number of nitrogen functional groups attached to an aromatic ring is 1. The minimum absolute atomic E-state index is 0.155. The van der Waals surface area contributed by atoms with Gasteiger partial charge >= 0.3 is 0 Å². The summed E-state index contributed by atoms with van der Waals surface area (Å²) in [5.74, 6) is 0. The molecule has 3 heteroatoms. The number of azo groups is 1. The van der Waals surface area contributed by atoms with Crippen molar-refractivity contribution in [3.63, 3.8) is 0 Å². The summed E-state index contributed by atoms with van der Waals surface area (Å²) in [6, 6.07) is 5.77. The Kier molecular flexibility index (Phi) is 2.89. The van der Waals surface area contributed by atoms with Crippen LogP contribution in [0.5, 0.6) is 0 Å². The van der Waals surface area contributed by atoms with Gasteiger partial charge in [0.05, 0.1) is 11.2 Å². The highest BCUT2D eigenvalue weighted by Crippen LogP contribution is 2.24. The van der Waals surface area contributed by atoms with Gasteiger partial charge in [-0.1, -0.05) is 6.07 Å². The Morgan fingerprint density at radius 3 is 2.36 bits per heavy atom. The molecule has 76 valence electrons. The summed E-state index contributed by atoms with van der Waals surface area (Å²) in [7, 11) is 0. The Labute approximate surface area is 85.0 Å². The molecule has 1 aromatic carbocycles. The minimum Gasteiger partial charge on any atom is -0.397 e. The number of anilines is 1. The maximum atomic E-state index is 5.80. The van der Waals surface area contributed by atoms with Crippen LogP contribution in [0.15, 0.2) is 28.4 Å². The fourth-order valence-corrected chi connectivity index (χ4v) is 0.969. The average Bonchev–Trinajstić information content (AvgIpc) is 2.00. The molecule has 3 nitrogen and oxygen atoms in total. The monoisotopic (exact) mass is 191 g/mol. The molecule has 0 saturated heterocycles. The van der Waals surface area contributed by atoms with Crippen molar-refractivity contribution < 1.29 is 0 Å². The SMILES string of the molecule is Cc1ccc(N=NC(C)(C)C)c(N)c1. The first-order chi connectivity index (χ1) is 6.38. The first kappa shape index (κ1) is 10.7. The van der Waals surface area contributed by atoms with E-state index >= 15 is 0 Å². The number of hydrogen-bond acceptors (Lipinski definition) is 3. The molecular weight excluding hydrogens is 174 g/mol. The minimum atomic E-state index is -0.155. The lowest BCUT2D eigenvalue weighted by Gasteiger charge is -2.09. The number of rotatable bonds is 1. The number of benzene rings is 1. The average molecular weight is 191 g/mol. The van der Waals surface area contributed by atoms with Crippen LogP contribution in [0.1, 0.15) is 26.3 Å². The molecule has 0 atom stereocenters. The summed E-state index contributed by atoms with van der Waals surface area (Å²) in [5.41, 5.74) is 8.20. The maximum absolute atomic E-state index is 5.80. The van der Waals surface area contributed by atoms with Gasteiger partial charge in [0.2, 0.25) is 0 Å². The fourth-order valence-electron chi connectivity index (χ4n) is 0.969. The Morgan fingerprint density at radius 1 is 1.21 bits per heavy atom. The first-order valence-corrected chi connectivity index (χ1v) is 4.67. The van der Waals surface area contributed by atoms with Crippen molar-refractivity contribution in [2.24, 2.45) is 10.2 Å². The molecule has 0 spiro atoms. The molecule has 2 N–H and O–H groups in total. The molecule has 14 heavy (non-hydrogen) atoms. The van der Waals surface area contributed by atoms with Crippen LogP contribution in [-0.4, -0.2) is 5.54 Å². The third kappa shape index (κ3) is 3.17. The topological polar surface area (TPSA) is 50.7 Å². The van der Waals surface area contributed by atoms with E-state index in [1.165, 1.54) is 0 Å². The lowest BCUT2D eigenvalue weighted by atomic mass is 10.1. The summed E-state index contributed by atoms with van der Waals surface area (Å²) < 4.78 is 0. The second-order valence-electron chi connectivity index (χ2n) is 4.43. The van der Waals surface area contributed by atoms with Crippen molar-refractivity contribution in [3.8, 4) is 0 Å². The normalized spacial score (nSPS) is 12.3. The summed E-state index contributed by atoms with van der Waals surface area (Å²) in [4.78, 5) is 0. The third-order valence-corrected chi connectivity index (χ3v) is 1.64. The standard InChI is InChI=1S/C11H17N3/c1-8-5-6-10(9(12)7-8)13-14-11(2,3)4/h5-7H,12H2,1-4H3. The summed E-state index contributed by atoms with van der Waals surface area (Å²) in [6.07, 6.45) is 0. The number of aryl methyl sites for hydroxylation is 1. The zero-order chi connectivity index (χ0) is 10.8. The molecule has 0 aliphatic heterocycles. The fraction of sp³-hybridized carbons (Fsp3) is 0.455. The molecule has 1 rings (SSSR count). The molecule has 0 fully saturated rings. The molecule has 0 heterocycles. The van der Waals surface area contributed by atoms with Gasteiger partial charge in [0.15, 0.2) is 0 Å². The molecule has 1 aromatic rings. The lowest BCUT2D eigenvalue weighted by Crippen LogP contribution is -2.07. The third-order valence-electron chi connectivity index (χ3n) is 1.64. The molecule has 0 amide bonds. The van der Waals surface area contributed by atoms with Gasteiger partial charge in [0, 0.05) is 0 Å². The number of nitrogens with two attached hydrogens (primary N) is 1. The Bertz CT molecular complexity index is 348. The van der Waals surface area contributed by atoms with Gasteiger partial charge in [-0.3, -0.25) is 0 Å². The van der Waals surface area contributed by atoms with E-state index in [2.05, 4.69) is 10.2 Å². The second-order valence-corrected chi connectivity index (χ2v) is 4.43. The Morgan fingerprint density at radius 2 is 1.86 bits per heavy atom. The van der Waals surface area contributed by atoms with E-state index in [9.17, 15) is 0 Å². The Hall–Kier alpha value is -1.38. The van der Waals surface area contributed by atoms with Crippen molar-refractivity contribution in [2.75, 3.05) is 5.73 Å². The zero-order valence-electron chi connectivity index (χ0n) is 9.20. The molecule has 0 aliphatic rings. The van der Waals surface area contributed by atoms with E-state index in [-0.39, 0.29) is 5.54 Å². The molecule has 0 unspecified atom stereocenters. The number of nitrogens with zero attached hydrogens (tertiary/aromatic N) is 2. The predicted octanol–water partition coefficient (Wildman–Crippen LogP) is 3.46. The van der Waals surface area contributed by atoms with Crippen LogP contribution >= 0.6 is 0 Å². The molecule has 0 aliphatic carbocycles. The van der Waals surface area contributed by atoms with E-state index in [0.717, 1.165) is 11.3 Å². The van der Waals surface area contributed by atoms with Crippen molar-refractivity contribution in [3.05, 3.63) is 23.8 Å². The van der Waals surface area contributed by atoms with Gasteiger partial charge in [-0.2, -0.15) is 10.2 Å². The van der Waals surface area contributed by atoms with E-state index in [1.807, 2.05) is 45.9 Å². The van der Waals surface area contributed by atoms with Crippen molar-refractivity contribution in [1.29, 1.82) is 0 Å². The van der Waals surface area contributed by atoms with Crippen LogP contribution in [0.4, 0.5) is 11.4 Å². The van der Waals surface area contributed by atoms with Gasteiger partial charge in [-0.15, -0.1) is 0 Å². The van der Waals surface area contributed by atoms with E-state index < -0.39 is 0 Å². The van der Waals surface area contributed by atoms with Gasteiger partial charge < -0.3 is 5.73 Å². The molecule has 0 aromatic heterocycles. The van der Waals surface area contributed by atoms with Crippen LogP contribution in [-0.2, 0) is 0 Å². The number of hydrogen-bond donors (Lipinski definition) is 1. The van der Waals surface area contributed by atoms with Gasteiger partial charge in [0.25, 0.3) is 0 Å². The van der Waals surface area contributed by atoms with Crippen LogP contribution in [0.2, 0.25) is 0 Å². The van der Waals surface area contributed by atoms with Crippen LogP contribution in [0.3, 0.4) is 0 Å². The van der Waals surface area contributed by atoms with E-state index in [1.54, 1.807) is 0 Å². The maximum Gasteiger partial charge on any atom is 0.108 e. The predicted molar refractivity (Wildman–Crippen MR) is 59.9 cm³/mol. The summed E-state index contributed by atoms with van der Waals surface area (Å²) >= 11 is 0. The smallest absolute Gasteiger partial charge is 0.108 e.